The Labute approximate surface area is 120 Å². The van der Waals surface area contributed by atoms with Crippen LogP contribution in [-0.4, -0.2) is 14.5 Å². The van der Waals surface area contributed by atoms with Crippen molar-refractivity contribution in [2.45, 2.75) is 13.0 Å². The van der Waals surface area contributed by atoms with Crippen LogP contribution in [0.25, 0.3) is 11.0 Å². The first kappa shape index (κ1) is 12.9. The van der Waals surface area contributed by atoms with E-state index in [-0.39, 0.29) is 11.1 Å². The Hall–Kier alpha value is -2.14. The lowest BCUT2D eigenvalue weighted by Gasteiger charge is -2.15. The largest absolute Gasteiger partial charge is 0.369 e. The number of nitrogens with zero attached hydrogens (tertiary/aromatic N) is 3. The van der Waals surface area contributed by atoms with Crippen LogP contribution in [0.3, 0.4) is 0 Å². The third kappa shape index (κ3) is 2.00. The number of hydrogen-bond acceptors (Lipinski definition) is 3. The molecule has 0 fully saturated rings. The van der Waals surface area contributed by atoms with Gasteiger partial charge in [0.15, 0.2) is 0 Å². The quantitative estimate of drug-likeness (QED) is 0.787. The molecule has 1 atom stereocenters. The molecule has 0 bridgehead atoms. The molecule has 102 valence electrons. The number of fused-ring (bicyclic) bond motifs is 1. The van der Waals surface area contributed by atoms with Gasteiger partial charge in [0.25, 0.3) is 0 Å². The van der Waals surface area contributed by atoms with E-state index in [1.807, 2.05) is 25.1 Å². The molecule has 4 nitrogen and oxygen atoms in total. The minimum Gasteiger partial charge on any atom is -0.369 e. The van der Waals surface area contributed by atoms with E-state index in [0.29, 0.717) is 17.0 Å². The third-order valence-electron chi connectivity index (χ3n) is 3.26. The molecule has 20 heavy (non-hydrogen) atoms. The molecular weight excluding hydrogens is 279 g/mol. The van der Waals surface area contributed by atoms with E-state index in [4.69, 9.17) is 17.3 Å². The predicted octanol–water partition coefficient (Wildman–Crippen LogP) is 3.42. The maximum absolute atomic E-state index is 13.7. The average molecular weight is 291 g/mol. The summed E-state index contributed by atoms with van der Waals surface area (Å²) in [5.74, 6) is -0.187. The second-order valence-electron chi connectivity index (χ2n) is 4.53. The van der Waals surface area contributed by atoms with Gasteiger partial charge in [-0.15, -0.1) is 0 Å². The molecule has 1 aromatic carbocycles. The number of benzene rings is 1. The molecule has 0 radical (unpaired) electrons. The van der Waals surface area contributed by atoms with Gasteiger partial charge in [-0.3, -0.25) is 4.98 Å². The zero-order chi connectivity index (χ0) is 14.3. The van der Waals surface area contributed by atoms with Gasteiger partial charge in [0.2, 0.25) is 5.95 Å². The lowest BCUT2D eigenvalue weighted by Crippen LogP contribution is -2.11. The molecule has 6 heteroatoms. The van der Waals surface area contributed by atoms with Gasteiger partial charge in [-0.1, -0.05) is 17.7 Å². The number of aromatic nitrogens is 3. The summed E-state index contributed by atoms with van der Waals surface area (Å²) < 4.78 is 15.4. The van der Waals surface area contributed by atoms with Crippen LogP contribution >= 0.6 is 11.6 Å². The fraction of sp³-hybridized carbons (Fsp3) is 0.143. The van der Waals surface area contributed by atoms with E-state index in [1.54, 1.807) is 10.8 Å². The summed E-state index contributed by atoms with van der Waals surface area (Å²) in [6.45, 7) is 1.94. The topological polar surface area (TPSA) is 56.7 Å². The average Bonchev–Trinajstić information content (AvgIpc) is 2.75. The van der Waals surface area contributed by atoms with Crippen molar-refractivity contribution in [2.24, 2.45) is 0 Å². The van der Waals surface area contributed by atoms with Crippen LogP contribution in [0.1, 0.15) is 18.7 Å². The summed E-state index contributed by atoms with van der Waals surface area (Å²) in [5.41, 5.74) is 7.94. The molecule has 3 rings (SSSR count). The second-order valence-corrected chi connectivity index (χ2v) is 4.93. The molecule has 0 aliphatic carbocycles. The number of rotatable bonds is 2. The fourth-order valence-electron chi connectivity index (χ4n) is 2.27. The summed E-state index contributed by atoms with van der Waals surface area (Å²) in [4.78, 5) is 8.52. The van der Waals surface area contributed by atoms with Gasteiger partial charge < -0.3 is 10.3 Å². The molecule has 0 aliphatic heterocycles. The second kappa shape index (κ2) is 4.76. The van der Waals surface area contributed by atoms with E-state index < -0.39 is 5.82 Å². The van der Waals surface area contributed by atoms with Crippen molar-refractivity contribution >= 4 is 28.6 Å². The molecule has 2 N–H and O–H groups in total. The standard InChI is InChI=1S/C14H12ClFN4/c1-8(11-4-2-3-5-18-11)20-13-7-10(16)9(15)6-12(13)19-14(20)17/h2-8H,1H3,(H2,17,19). The highest BCUT2D eigenvalue weighted by Gasteiger charge is 2.18. The summed E-state index contributed by atoms with van der Waals surface area (Å²) >= 11 is 5.77. The van der Waals surface area contributed by atoms with Crippen molar-refractivity contribution in [1.29, 1.82) is 0 Å². The van der Waals surface area contributed by atoms with Crippen LogP contribution in [0.5, 0.6) is 0 Å². The SMILES string of the molecule is CC(c1ccccn1)n1c(N)nc2cc(Cl)c(F)cc21. The van der Waals surface area contributed by atoms with Gasteiger partial charge in [-0.05, 0) is 25.1 Å². The minimum absolute atomic E-state index is 0.0349. The maximum atomic E-state index is 13.7. The van der Waals surface area contributed by atoms with Crippen molar-refractivity contribution < 1.29 is 4.39 Å². The molecule has 0 amide bonds. The number of nitrogens with two attached hydrogens (primary N) is 1. The number of anilines is 1. The number of imidazole rings is 1. The molecule has 0 saturated heterocycles. The van der Waals surface area contributed by atoms with Crippen molar-refractivity contribution in [3.05, 3.63) is 53.1 Å². The zero-order valence-electron chi connectivity index (χ0n) is 10.7. The van der Waals surface area contributed by atoms with Crippen molar-refractivity contribution in [1.82, 2.24) is 14.5 Å². The number of halogens is 2. The monoisotopic (exact) mass is 290 g/mol. The highest BCUT2D eigenvalue weighted by Crippen LogP contribution is 2.29. The molecule has 3 aromatic rings. The smallest absolute Gasteiger partial charge is 0.201 e. The lowest BCUT2D eigenvalue weighted by atomic mass is 10.2. The Bertz CT molecular complexity index is 770. The van der Waals surface area contributed by atoms with Crippen LogP contribution < -0.4 is 5.73 Å². The molecular formula is C14H12ClFN4. The molecule has 1 unspecified atom stereocenters. The van der Waals surface area contributed by atoms with Crippen molar-refractivity contribution in [2.75, 3.05) is 5.73 Å². The van der Waals surface area contributed by atoms with Crippen LogP contribution in [0, 0.1) is 5.82 Å². The fourth-order valence-corrected chi connectivity index (χ4v) is 2.43. The van der Waals surface area contributed by atoms with Crippen LogP contribution in [0.2, 0.25) is 5.02 Å². The number of hydrogen-bond donors (Lipinski definition) is 1. The van der Waals surface area contributed by atoms with Gasteiger partial charge in [-0.2, -0.15) is 0 Å². The summed E-state index contributed by atoms with van der Waals surface area (Å²) in [5, 5.41) is 0.0349. The summed E-state index contributed by atoms with van der Waals surface area (Å²) in [7, 11) is 0. The Balaban J connectivity index is 2.21. The van der Waals surface area contributed by atoms with E-state index in [1.165, 1.54) is 12.1 Å². The van der Waals surface area contributed by atoms with E-state index in [2.05, 4.69) is 9.97 Å². The van der Waals surface area contributed by atoms with Gasteiger partial charge in [0, 0.05) is 12.3 Å². The molecule has 0 saturated carbocycles. The first-order valence-electron chi connectivity index (χ1n) is 6.11. The Kier molecular flexibility index (Phi) is 3.06. The lowest BCUT2D eigenvalue weighted by molar-refractivity contribution is 0.622. The highest BCUT2D eigenvalue weighted by molar-refractivity contribution is 6.31. The normalized spacial score (nSPS) is 12.8. The van der Waals surface area contributed by atoms with E-state index in [0.717, 1.165) is 5.69 Å². The summed E-state index contributed by atoms with van der Waals surface area (Å²) in [6.07, 6.45) is 1.71. The van der Waals surface area contributed by atoms with E-state index in [9.17, 15) is 4.39 Å². The third-order valence-corrected chi connectivity index (χ3v) is 3.55. The first-order chi connectivity index (χ1) is 9.58. The Morgan fingerprint density at radius 1 is 1.35 bits per heavy atom. The van der Waals surface area contributed by atoms with Gasteiger partial charge >= 0.3 is 0 Å². The number of pyridine rings is 1. The zero-order valence-corrected chi connectivity index (χ0v) is 11.5. The predicted molar refractivity (Wildman–Crippen MR) is 77.2 cm³/mol. The molecule has 0 spiro atoms. The summed E-state index contributed by atoms with van der Waals surface area (Å²) in [6, 6.07) is 8.30. The van der Waals surface area contributed by atoms with Crippen LogP contribution in [0.15, 0.2) is 36.5 Å². The number of nitrogen functional groups attached to an aromatic ring is 1. The van der Waals surface area contributed by atoms with Crippen molar-refractivity contribution in [3.63, 3.8) is 0 Å². The van der Waals surface area contributed by atoms with Gasteiger partial charge in [0.05, 0.1) is 27.8 Å². The molecule has 2 aromatic heterocycles. The Morgan fingerprint density at radius 2 is 2.15 bits per heavy atom. The van der Waals surface area contributed by atoms with Crippen LogP contribution in [-0.2, 0) is 0 Å². The minimum atomic E-state index is -0.492. The molecule has 2 heterocycles. The van der Waals surface area contributed by atoms with Crippen LogP contribution in [0.4, 0.5) is 10.3 Å². The van der Waals surface area contributed by atoms with Gasteiger partial charge in [-0.25, -0.2) is 9.37 Å². The maximum Gasteiger partial charge on any atom is 0.201 e. The van der Waals surface area contributed by atoms with Gasteiger partial charge in [0.1, 0.15) is 5.82 Å². The molecule has 0 aliphatic rings. The Morgan fingerprint density at radius 3 is 2.85 bits per heavy atom. The first-order valence-corrected chi connectivity index (χ1v) is 6.49. The van der Waals surface area contributed by atoms with E-state index >= 15 is 0 Å². The highest BCUT2D eigenvalue weighted by atomic mass is 35.5. The van der Waals surface area contributed by atoms with Crippen molar-refractivity contribution in [3.8, 4) is 0 Å².